The molecule has 0 atom stereocenters. The summed E-state index contributed by atoms with van der Waals surface area (Å²) in [5.41, 5.74) is 1.45. The van der Waals surface area contributed by atoms with E-state index in [1.54, 1.807) is 30.3 Å². The molecular weight excluding hydrogens is 326 g/mol. The molecule has 0 aliphatic heterocycles. The van der Waals surface area contributed by atoms with Gasteiger partial charge < -0.3 is 5.32 Å². The molecule has 0 fully saturated rings. The molecule has 0 saturated heterocycles. The smallest absolute Gasteiger partial charge is 0.255 e. The molecule has 0 unspecified atom stereocenters. The van der Waals surface area contributed by atoms with Crippen molar-refractivity contribution in [2.24, 2.45) is 0 Å². The first-order valence-electron chi connectivity index (χ1n) is 6.30. The van der Waals surface area contributed by atoms with E-state index >= 15 is 0 Å². The van der Waals surface area contributed by atoms with Crippen LogP contribution in [0.3, 0.4) is 0 Å². The third-order valence-electron chi connectivity index (χ3n) is 2.70. The highest BCUT2D eigenvalue weighted by atomic mass is 35.5. The highest BCUT2D eigenvalue weighted by Gasteiger charge is 2.09. The maximum absolute atomic E-state index is 12.1. The lowest BCUT2D eigenvalue weighted by Gasteiger charge is -2.07. The SMILES string of the molecule is CS(=O)(=O)NCc1cc(C(=O)Nc2ccc(Cl)cc2)ccn1. The lowest BCUT2D eigenvalue weighted by atomic mass is 10.2. The number of amides is 1. The molecule has 1 aromatic heterocycles. The Hall–Kier alpha value is -1.96. The zero-order valence-corrected chi connectivity index (χ0v) is 13.3. The maximum atomic E-state index is 12.1. The van der Waals surface area contributed by atoms with E-state index in [0.29, 0.717) is 22.0 Å². The van der Waals surface area contributed by atoms with Crippen molar-refractivity contribution in [1.82, 2.24) is 9.71 Å². The Morgan fingerprint density at radius 3 is 2.55 bits per heavy atom. The topological polar surface area (TPSA) is 88.2 Å². The van der Waals surface area contributed by atoms with Crippen LogP contribution in [0.2, 0.25) is 5.02 Å². The van der Waals surface area contributed by atoms with Gasteiger partial charge in [0.05, 0.1) is 18.5 Å². The van der Waals surface area contributed by atoms with Gasteiger partial charge in [-0.3, -0.25) is 9.78 Å². The van der Waals surface area contributed by atoms with Gasteiger partial charge in [-0.1, -0.05) is 11.6 Å². The minimum Gasteiger partial charge on any atom is -0.322 e. The first-order valence-corrected chi connectivity index (χ1v) is 8.57. The van der Waals surface area contributed by atoms with Crippen LogP contribution in [0.5, 0.6) is 0 Å². The number of rotatable bonds is 5. The van der Waals surface area contributed by atoms with Crippen molar-refractivity contribution in [1.29, 1.82) is 0 Å². The average molecular weight is 340 g/mol. The van der Waals surface area contributed by atoms with Gasteiger partial charge in [0.1, 0.15) is 0 Å². The zero-order chi connectivity index (χ0) is 16.2. The van der Waals surface area contributed by atoms with E-state index in [9.17, 15) is 13.2 Å². The Bertz CT molecular complexity index is 776. The largest absolute Gasteiger partial charge is 0.322 e. The van der Waals surface area contributed by atoms with Gasteiger partial charge in [-0.25, -0.2) is 13.1 Å². The molecule has 2 rings (SSSR count). The minimum absolute atomic E-state index is 0.0287. The summed E-state index contributed by atoms with van der Waals surface area (Å²) in [6, 6.07) is 9.80. The van der Waals surface area contributed by atoms with Crippen LogP contribution in [-0.4, -0.2) is 25.6 Å². The number of pyridine rings is 1. The molecule has 1 amide bonds. The van der Waals surface area contributed by atoms with Crippen molar-refractivity contribution in [3.05, 3.63) is 58.9 Å². The standard InChI is InChI=1S/C14H14ClN3O3S/c1-22(20,21)17-9-13-8-10(6-7-16-13)14(19)18-12-4-2-11(15)3-5-12/h2-8,17H,9H2,1H3,(H,18,19). The number of nitrogens with one attached hydrogen (secondary N) is 2. The van der Waals surface area contributed by atoms with Crippen LogP contribution in [0.15, 0.2) is 42.6 Å². The number of benzene rings is 1. The van der Waals surface area contributed by atoms with Crippen molar-refractivity contribution < 1.29 is 13.2 Å². The number of sulfonamides is 1. The molecule has 2 N–H and O–H groups in total. The van der Waals surface area contributed by atoms with E-state index in [0.717, 1.165) is 6.26 Å². The summed E-state index contributed by atoms with van der Waals surface area (Å²) in [6.45, 7) is 0.0287. The number of aromatic nitrogens is 1. The van der Waals surface area contributed by atoms with Crippen molar-refractivity contribution in [3.8, 4) is 0 Å². The molecule has 0 saturated carbocycles. The number of hydrogen-bond acceptors (Lipinski definition) is 4. The van der Waals surface area contributed by atoms with Crippen LogP contribution in [-0.2, 0) is 16.6 Å². The van der Waals surface area contributed by atoms with Gasteiger partial charge >= 0.3 is 0 Å². The molecule has 1 aromatic carbocycles. The predicted molar refractivity (Wildman–Crippen MR) is 85.3 cm³/mol. The third-order valence-corrected chi connectivity index (χ3v) is 3.62. The first-order chi connectivity index (χ1) is 10.3. The normalized spacial score (nSPS) is 11.2. The quantitative estimate of drug-likeness (QED) is 0.872. The minimum atomic E-state index is -3.31. The second-order valence-corrected chi connectivity index (χ2v) is 6.86. The second kappa shape index (κ2) is 6.87. The zero-order valence-electron chi connectivity index (χ0n) is 11.7. The molecule has 2 aromatic rings. The van der Waals surface area contributed by atoms with Crippen molar-refractivity contribution in [2.45, 2.75) is 6.54 Å². The number of anilines is 1. The monoisotopic (exact) mass is 339 g/mol. The van der Waals surface area contributed by atoms with Crippen LogP contribution in [0.25, 0.3) is 0 Å². The van der Waals surface area contributed by atoms with Crippen molar-refractivity contribution in [3.63, 3.8) is 0 Å². The lowest BCUT2D eigenvalue weighted by molar-refractivity contribution is 0.102. The third kappa shape index (κ3) is 5.10. The summed E-state index contributed by atoms with van der Waals surface area (Å²) in [4.78, 5) is 16.2. The van der Waals surface area contributed by atoms with E-state index < -0.39 is 10.0 Å². The van der Waals surface area contributed by atoms with Gasteiger partial charge in [0, 0.05) is 22.5 Å². The Morgan fingerprint density at radius 2 is 1.91 bits per heavy atom. The van der Waals surface area contributed by atoms with Crippen LogP contribution in [0.1, 0.15) is 16.1 Å². The molecule has 6 nitrogen and oxygen atoms in total. The van der Waals surface area contributed by atoms with E-state index in [-0.39, 0.29) is 12.5 Å². The Kier molecular flexibility index (Phi) is 5.12. The summed E-state index contributed by atoms with van der Waals surface area (Å²) in [5, 5.41) is 3.30. The highest BCUT2D eigenvalue weighted by Crippen LogP contribution is 2.14. The fourth-order valence-corrected chi connectivity index (χ4v) is 2.19. The summed E-state index contributed by atoms with van der Waals surface area (Å²) in [7, 11) is -3.31. The predicted octanol–water partition coefficient (Wildman–Crippen LogP) is 2.04. The van der Waals surface area contributed by atoms with Crippen LogP contribution in [0.4, 0.5) is 5.69 Å². The molecular formula is C14H14ClN3O3S. The molecule has 1 heterocycles. The van der Waals surface area contributed by atoms with Crippen molar-refractivity contribution >= 4 is 33.2 Å². The molecule has 0 radical (unpaired) electrons. The van der Waals surface area contributed by atoms with Gasteiger partial charge in [0.2, 0.25) is 10.0 Å². The molecule has 0 bridgehead atoms. The van der Waals surface area contributed by atoms with Crippen LogP contribution < -0.4 is 10.0 Å². The molecule has 0 aliphatic carbocycles. The number of halogens is 1. The van der Waals surface area contributed by atoms with E-state index in [1.807, 2.05) is 0 Å². The van der Waals surface area contributed by atoms with Crippen LogP contribution in [0, 0.1) is 0 Å². The number of carbonyl (C=O) groups is 1. The number of carbonyl (C=O) groups excluding carboxylic acids is 1. The van der Waals surface area contributed by atoms with Crippen LogP contribution >= 0.6 is 11.6 Å². The maximum Gasteiger partial charge on any atom is 0.255 e. The van der Waals surface area contributed by atoms with Gasteiger partial charge in [-0.15, -0.1) is 0 Å². The van der Waals surface area contributed by atoms with Gasteiger partial charge in [0.15, 0.2) is 0 Å². The number of hydrogen-bond donors (Lipinski definition) is 2. The van der Waals surface area contributed by atoms with Crippen molar-refractivity contribution in [2.75, 3.05) is 11.6 Å². The summed E-state index contributed by atoms with van der Waals surface area (Å²) in [5.74, 6) is -0.315. The molecule has 22 heavy (non-hydrogen) atoms. The summed E-state index contributed by atoms with van der Waals surface area (Å²) in [6.07, 6.45) is 2.51. The van der Waals surface area contributed by atoms with E-state index in [4.69, 9.17) is 11.6 Å². The molecule has 0 spiro atoms. The summed E-state index contributed by atoms with van der Waals surface area (Å²) >= 11 is 5.78. The van der Waals surface area contributed by atoms with Gasteiger partial charge in [-0.05, 0) is 36.4 Å². The van der Waals surface area contributed by atoms with Gasteiger partial charge in [-0.2, -0.15) is 0 Å². The number of nitrogens with zero attached hydrogens (tertiary/aromatic N) is 1. The molecule has 8 heteroatoms. The van der Waals surface area contributed by atoms with Gasteiger partial charge in [0.25, 0.3) is 5.91 Å². The Labute approximate surface area is 133 Å². The highest BCUT2D eigenvalue weighted by molar-refractivity contribution is 7.88. The molecule has 0 aliphatic rings. The average Bonchev–Trinajstić information content (AvgIpc) is 2.47. The lowest BCUT2D eigenvalue weighted by Crippen LogP contribution is -2.22. The Morgan fingerprint density at radius 1 is 1.23 bits per heavy atom. The summed E-state index contributed by atoms with van der Waals surface area (Å²) < 4.78 is 24.4. The Balaban J connectivity index is 2.08. The van der Waals surface area contributed by atoms with E-state index in [2.05, 4.69) is 15.0 Å². The first kappa shape index (κ1) is 16.4. The fourth-order valence-electron chi connectivity index (χ4n) is 1.66. The second-order valence-electron chi connectivity index (χ2n) is 4.59. The molecule has 116 valence electrons. The fraction of sp³-hybridized carbons (Fsp3) is 0.143. The van der Waals surface area contributed by atoms with E-state index in [1.165, 1.54) is 12.3 Å².